The first-order valence-electron chi connectivity index (χ1n) is 8.51. The third-order valence-electron chi connectivity index (χ3n) is 4.30. The van der Waals surface area contributed by atoms with Crippen molar-refractivity contribution in [1.82, 2.24) is 9.29 Å². The molecular formula is C20H22ClFN2O4S. The zero-order chi connectivity index (χ0) is 20.3. The van der Waals surface area contributed by atoms with Gasteiger partial charge in [-0.05, 0) is 31.3 Å². The van der Waals surface area contributed by atoms with Crippen LogP contribution in [-0.2, 0) is 16.6 Å². The molecule has 9 heteroatoms. The molecular weight excluding hydrogens is 419 g/mol. The zero-order valence-electron chi connectivity index (χ0n) is 16.2. The van der Waals surface area contributed by atoms with Crippen LogP contribution in [0.25, 0.3) is 11.3 Å². The lowest BCUT2D eigenvalue weighted by atomic mass is 10.1. The van der Waals surface area contributed by atoms with Crippen LogP contribution in [0.5, 0.6) is 11.5 Å². The smallest absolute Gasteiger partial charge is 0.268 e. The molecule has 0 unspecified atom stereocenters. The number of aromatic nitrogens is 1. The summed E-state index contributed by atoms with van der Waals surface area (Å²) >= 11 is 0. The van der Waals surface area contributed by atoms with E-state index in [0.29, 0.717) is 23.6 Å². The topological polar surface area (TPSA) is 69.6 Å². The van der Waals surface area contributed by atoms with Crippen molar-refractivity contribution in [2.75, 3.05) is 21.3 Å². The van der Waals surface area contributed by atoms with Crippen molar-refractivity contribution in [3.63, 3.8) is 0 Å². The van der Waals surface area contributed by atoms with Gasteiger partial charge in [-0.15, -0.1) is 12.4 Å². The van der Waals surface area contributed by atoms with Crippen LogP contribution in [0.3, 0.4) is 0 Å². The van der Waals surface area contributed by atoms with E-state index in [-0.39, 0.29) is 28.6 Å². The van der Waals surface area contributed by atoms with Crippen molar-refractivity contribution in [2.24, 2.45) is 0 Å². The Morgan fingerprint density at radius 1 is 1.07 bits per heavy atom. The Balaban J connectivity index is 0.00000300. The molecule has 0 fully saturated rings. The van der Waals surface area contributed by atoms with Gasteiger partial charge in [0.25, 0.3) is 10.0 Å². The minimum Gasteiger partial charge on any atom is -0.497 e. The first kappa shape index (κ1) is 22.7. The van der Waals surface area contributed by atoms with Crippen LogP contribution in [-0.4, -0.2) is 33.7 Å². The molecule has 3 rings (SSSR count). The van der Waals surface area contributed by atoms with Crippen molar-refractivity contribution >= 4 is 22.4 Å². The molecule has 0 radical (unpaired) electrons. The van der Waals surface area contributed by atoms with E-state index in [1.165, 1.54) is 44.7 Å². The van der Waals surface area contributed by atoms with Gasteiger partial charge in [-0.3, -0.25) is 0 Å². The van der Waals surface area contributed by atoms with Gasteiger partial charge in [0.15, 0.2) is 0 Å². The summed E-state index contributed by atoms with van der Waals surface area (Å²) in [6, 6.07) is 12.1. The van der Waals surface area contributed by atoms with E-state index < -0.39 is 15.8 Å². The molecule has 0 saturated carbocycles. The molecule has 29 heavy (non-hydrogen) atoms. The molecule has 1 heterocycles. The maximum atomic E-state index is 14.6. The van der Waals surface area contributed by atoms with Gasteiger partial charge in [0.05, 0.1) is 19.1 Å². The second-order valence-corrected chi connectivity index (χ2v) is 7.84. The van der Waals surface area contributed by atoms with E-state index in [9.17, 15) is 12.8 Å². The van der Waals surface area contributed by atoms with Crippen LogP contribution < -0.4 is 14.8 Å². The Morgan fingerprint density at radius 2 is 1.79 bits per heavy atom. The maximum absolute atomic E-state index is 14.6. The van der Waals surface area contributed by atoms with Gasteiger partial charge in [0, 0.05) is 29.9 Å². The highest BCUT2D eigenvalue weighted by atomic mass is 35.5. The van der Waals surface area contributed by atoms with Crippen molar-refractivity contribution in [3.8, 4) is 22.8 Å². The second kappa shape index (κ2) is 9.30. The van der Waals surface area contributed by atoms with Crippen LogP contribution in [0.2, 0.25) is 0 Å². The molecule has 156 valence electrons. The van der Waals surface area contributed by atoms with Gasteiger partial charge in [-0.2, -0.15) is 0 Å². The molecule has 1 N–H and O–H groups in total. The lowest BCUT2D eigenvalue weighted by Crippen LogP contribution is -2.14. The van der Waals surface area contributed by atoms with Gasteiger partial charge in [0.1, 0.15) is 23.0 Å². The fourth-order valence-electron chi connectivity index (χ4n) is 3.02. The van der Waals surface area contributed by atoms with Gasteiger partial charge in [-0.1, -0.05) is 18.2 Å². The summed E-state index contributed by atoms with van der Waals surface area (Å²) in [7, 11) is 0.588. The Morgan fingerprint density at radius 3 is 2.41 bits per heavy atom. The van der Waals surface area contributed by atoms with Crippen molar-refractivity contribution in [3.05, 3.63) is 66.1 Å². The standard InChI is InChI=1S/C20H21FN2O4S.ClH/c1-22-12-14-13-23(28(24,25)16-8-6-7-15(11-16)26-2)19(20(14)27-3)17-9-4-5-10-18(17)21;/h4-11,13,22H,12H2,1-3H3;1H. The normalized spacial score (nSPS) is 11.0. The number of rotatable bonds is 7. The summed E-state index contributed by atoms with van der Waals surface area (Å²) in [4.78, 5) is 0.0260. The van der Waals surface area contributed by atoms with Gasteiger partial charge in [0.2, 0.25) is 0 Å². The average molecular weight is 441 g/mol. The number of nitrogens with one attached hydrogen (secondary N) is 1. The second-order valence-electron chi connectivity index (χ2n) is 6.03. The van der Waals surface area contributed by atoms with Crippen LogP contribution in [0.1, 0.15) is 5.56 Å². The molecule has 0 aliphatic carbocycles. The Kier molecular flexibility index (Phi) is 7.29. The molecule has 6 nitrogen and oxygen atoms in total. The van der Waals surface area contributed by atoms with Gasteiger partial charge < -0.3 is 14.8 Å². The predicted octanol–water partition coefficient (Wildman–Crippen LogP) is 3.69. The van der Waals surface area contributed by atoms with Crippen LogP contribution in [0.4, 0.5) is 4.39 Å². The van der Waals surface area contributed by atoms with Crippen LogP contribution >= 0.6 is 12.4 Å². The first-order valence-corrected chi connectivity index (χ1v) is 9.95. The van der Waals surface area contributed by atoms with E-state index >= 15 is 0 Å². The third-order valence-corrected chi connectivity index (χ3v) is 5.95. The summed E-state index contributed by atoms with van der Waals surface area (Å²) in [6.45, 7) is 0.352. The summed E-state index contributed by atoms with van der Waals surface area (Å²) < 4.78 is 53.1. The lowest BCUT2D eigenvalue weighted by molar-refractivity contribution is 0.411. The minimum atomic E-state index is -4.03. The van der Waals surface area contributed by atoms with Gasteiger partial charge in [-0.25, -0.2) is 16.8 Å². The highest BCUT2D eigenvalue weighted by Crippen LogP contribution is 2.39. The summed E-state index contributed by atoms with van der Waals surface area (Å²) in [5, 5.41) is 2.97. The van der Waals surface area contributed by atoms with E-state index in [1.807, 2.05) is 0 Å². The fraction of sp³-hybridized carbons (Fsp3) is 0.200. The monoisotopic (exact) mass is 440 g/mol. The number of hydrogen-bond acceptors (Lipinski definition) is 5. The van der Waals surface area contributed by atoms with Crippen LogP contribution in [0, 0.1) is 5.82 Å². The summed E-state index contributed by atoms with van der Waals surface area (Å²) in [5.41, 5.74) is 0.858. The zero-order valence-corrected chi connectivity index (χ0v) is 17.8. The molecule has 0 aliphatic rings. The Hall–Kier alpha value is -2.55. The van der Waals surface area contributed by atoms with Gasteiger partial charge >= 0.3 is 0 Å². The SMILES string of the molecule is CNCc1cn(S(=O)(=O)c2cccc(OC)c2)c(-c2ccccc2F)c1OC.Cl. The quantitative estimate of drug-likeness (QED) is 0.606. The molecule has 0 saturated heterocycles. The minimum absolute atomic E-state index is 0. The molecule has 1 aromatic heterocycles. The molecule has 0 amide bonds. The summed E-state index contributed by atoms with van der Waals surface area (Å²) in [5.74, 6) is 0.158. The number of methoxy groups -OCH3 is 2. The van der Waals surface area contributed by atoms with Crippen LogP contribution in [0.15, 0.2) is 59.6 Å². The Bertz CT molecular complexity index is 1100. The number of halogens is 2. The number of benzene rings is 2. The molecule has 2 aromatic carbocycles. The van der Waals surface area contributed by atoms with E-state index in [4.69, 9.17) is 9.47 Å². The third kappa shape index (κ3) is 4.24. The first-order chi connectivity index (χ1) is 13.4. The van der Waals surface area contributed by atoms with E-state index in [0.717, 1.165) is 3.97 Å². The number of ether oxygens (including phenoxy) is 2. The van der Waals surface area contributed by atoms with Crippen molar-refractivity contribution < 1.29 is 22.3 Å². The largest absolute Gasteiger partial charge is 0.497 e. The Labute approximate surface area is 175 Å². The lowest BCUT2D eigenvalue weighted by Gasteiger charge is -2.13. The molecule has 0 bridgehead atoms. The molecule has 0 spiro atoms. The number of nitrogens with zero attached hydrogens (tertiary/aromatic N) is 1. The average Bonchev–Trinajstić information content (AvgIpc) is 3.07. The fourth-order valence-corrected chi connectivity index (χ4v) is 4.45. The van der Waals surface area contributed by atoms with Crippen molar-refractivity contribution in [2.45, 2.75) is 11.4 Å². The predicted molar refractivity (Wildman–Crippen MR) is 112 cm³/mol. The molecule has 0 aliphatic heterocycles. The highest BCUT2D eigenvalue weighted by molar-refractivity contribution is 7.90. The maximum Gasteiger partial charge on any atom is 0.268 e. The van der Waals surface area contributed by atoms with E-state index in [1.54, 1.807) is 31.3 Å². The molecule has 0 atom stereocenters. The number of hydrogen-bond donors (Lipinski definition) is 1. The highest BCUT2D eigenvalue weighted by Gasteiger charge is 2.28. The van der Waals surface area contributed by atoms with E-state index in [2.05, 4.69) is 5.32 Å². The summed E-state index contributed by atoms with van der Waals surface area (Å²) in [6.07, 6.45) is 1.45. The molecule has 3 aromatic rings. The van der Waals surface area contributed by atoms with Crippen molar-refractivity contribution in [1.29, 1.82) is 0 Å².